The first-order chi connectivity index (χ1) is 12.7. The standard InChI is InChI=1S/C19H18N2O3S2/c1-23-13-10-7-11-14(24-2)15(13)17(22)21-18-16(20-19(25-3)26-18)12-8-5-4-6-9-12/h4-11H,1-3H3,(H,21,22). The van der Waals surface area contributed by atoms with Crippen molar-refractivity contribution in [3.05, 3.63) is 54.1 Å². The molecule has 0 aliphatic carbocycles. The Balaban J connectivity index is 2.00. The number of aromatic nitrogens is 1. The number of methoxy groups -OCH3 is 2. The van der Waals surface area contributed by atoms with Gasteiger partial charge in [-0.2, -0.15) is 0 Å². The van der Waals surface area contributed by atoms with Gasteiger partial charge in [0.2, 0.25) is 0 Å². The molecule has 2 aromatic carbocycles. The predicted octanol–water partition coefficient (Wildman–Crippen LogP) is 4.80. The van der Waals surface area contributed by atoms with Crippen LogP contribution in [0.4, 0.5) is 5.00 Å². The van der Waals surface area contributed by atoms with Crippen molar-refractivity contribution in [3.8, 4) is 22.8 Å². The summed E-state index contributed by atoms with van der Waals surface area (Å²) in [7, 11) is 3.05. The van der Waals surface area contributed by atoms with Crippen LogP contribution in [0, 0.1) is 0 Å². The summed E-state index contributed by atoms with van der Waals surface area (Å²) in [5.41, 5.74) is 2.06. The number of ether oxygens (including phenoxy) is 2. The number of hydrogen-bond donors (Lipinski definition) is 1. The van der Waals surface area contributed by atoms with Gasteiger partial charge in [0, 0.05) is 5.56 Å². The van der Waals surface area contributed by atoms with Crippen LogP contribution in [-0.2, 0) is 0 Å². The minimum absolute atomic E-state index is 0.298. The van der Waals surface area contributed by atoms with Gasteiger partial charge in [-0.3, -0.25) is 4.79 Å². The maximum Gasteiger partial charge on any atom is 0.263 e. The van der Waals surface area contributed by atoms with Crippen LogP contribution in [0.1, 0.15) is 10.4 Å². The summed E-state index contributed by atoms with van der Waals surface area (Å²) in [6, 6.07) is 15.0. The van der Waals surface area contributed by atoms with Crippen LogP contribution in [-0.4, -0.2) is 31.4 Å². The molecule has 7 heteroatoms. The minimum Gasteiger partial charge on any atom is -0.496 e. The number of thiazole rings is 1. The number of anilines is 1. The number of amides is 1. The van der Waals surface area contributed by atoms with E-state index in [4.69, 9.17) is 9.47 Å². The molecule has 134 valence electrons. The zero-order valence-electron chi connectivity index (χ0n) is 14.6. The highest BCUT2D eigenvalue weighted by atomic mass is 32.2. The van der Waals surface area contributed by atoms with Gasteiger partial charge in [0.25, 0.3) is 5.91 Å². The van der Waals surface area contributed by atoms with Crippen LogP contribution in [0.5, 0.6) is 11.5 Å². The number of carbonyl (C=O) groups is 1. The molecule has 1 amide bonds. The summed E-state index contributed by atoms with van der Waals surface area (Å²) >= 11 is 2.99. The first kappa shape index (κ1) is 18.3. The molecule has 0 aliphatic rings. The lowest BCUT2D eigenvalue weighted by molar-refractivity contribution is 0.102. The quantitative estimate of drug-likeness (QED) is 0.617. The topological polar surface area (TPSA) is 60.5 Å². The van der Waals surface area contributed by atoms with Crippen molar-refractivity contribution in [2.75, 3.05) is 25.8 Å². The van der Waals surface area contributed by atoms with E-state index in [1.54, 1.807) is 30.0 Å². The summed E-state index contributed by atoms with van der Waals surface area (Å²) < 4.78 is 11.5. The highest BCUT2D eigenvalue weighted by Crippen LogP contribution is 2.38. The Labute approximate surface area is 160 Å². The first-order valence-corrected chi connectivity index (χ1v) is 9.84. The van der Waals surface area contributed by atoms with Gasteiger partial charge in [0.1, 0.15) is 27.8 Å². The highest BCUT2D eigenvalue weighted by Gasteiger charge is 2.21. The maximum atomic E-state index is 13.0. The summed E-state index contributed by atoms with van der Waals surface area (Å²) in [6.45, 7) is 0. The fraction of sp³-hybridized carbons (Fsp3) is 0.158. The van der Waals surface area contributed by atoms with Gasteiger partial charge >= 0.3 is 0 Å². The average Bonchev–Trinajstić information content (AvgIpc) is 3.10. The summed E-state index contributed by atoms with van der Waals surface area (Å²) in [4.78, 5) is 17.6. The van der Waals surface area contributed by atoms with Crippen LogP contribution >= 0.6 is 23.1 Å². The molecule has 0 saturated carbocycles. The summed E-state index contributed by atoms with van der Waals surface area (Å²) in [5, 5.41) is 3.67. The molecule has 1 N–H and O–H groups in total. The molecule has 5 nitrogen and oxygen atoms in total. The second kappa shape index (κ2) is 8.25. The maximum absolute atomic E-state index is 13.0. The van der Waals surface area contributed by atoms with Gasteiger partial charge in [0.05, 0.1) is 14.2 Å². The molecule has 0 fully saturated rings. The van der Waals surface area contributed by atoms with E-state index in [1.165, 1.54) is 25.6 Å². The van der Waals surface area contributed by atoms with Gasteiger partial charge in [0.15, 0.2) is 4.34 Å². The fourth-order valence-electron chi connectivity index (χ4n) is 2.50. The third-order valence-electron chi connectivity index (χ3n) is 3.71. The van der Waals surface area contributed by atoms with Crippen LogP contribution in [0.25, 0.3) is 11.3 Å². The van der Waals surface area contributed by atoms with Gasteiger partial charge in [-0.25, -0.2) is 4.98 Å². The smallest absolute Gasteiger partial charge is 0.263 e. The van der Waals surface area contributed by atoms with E-state index in [1.807, 2.05) is 36.6 Å². The lowest BCUT2D eigenvalue weighted by atomic mass is 10.1. The molecular weight excluding hydrogens is 368 g/mol. The van der Waals surface area contributed by atoms with Crippen molar-refractivity contribution in [2.45, 2.75) is 4.34 Å². The first-order valence-electron chi connectivity index (χ1n) is 7.80. The fourth-order valence-corrected chi connectivity index (χ4v) is 3.99. The lowest BCUT2D eigenvalue weighted by Crippen LogP contribution is -2.14. The monoisotopic (exact) mass is 386 g/mol. The number of thioether (sulfide) groups is 1. The van der Waals surface area contributed by atoms with Crippen LogP contribution in [0.3, 0.4) is 0 Å². The second-order valence-corrected chi connectivity index (χ2v) is 7.27. The number of hydrogen-bond acceptors (Lipinski definition) is 6. The largest absolute Gasteiger partial charge is 0.496 e. The Bertz CT molecular complexity index is 888. The summed E-state index contributed by atoms with van der Waals surface area (Å²) in [6.07, 6.45) is 1.96. The molecule has 0 bridgehead atoms. The Kier molecular flexibility index (Phi) is 5.80. The van der Waals surface area contributed by atoms with Gasteiger partial charge in [-0.05, 0) is 18.4 Å². The van der Waals surface area contributed by atoms with Gasteiger partial charge in [-0.1, -0.05) is 59.5 Å². The normalized spacial score (nSPS) is 10.4. The van der Waals surface area contributed by atoms with Crippen molar-refractivity contribution < 1.29 is 14.3 Å². The SMILES string of the molecule is COc1cccc(OC)c1C(=O)Nc1sc(SC)nc1-c1ccccc1. The molecule has 0 spiro atoms. The van der Waals surface area contributed by atoms with E-state index in [2.05, 4.69) is 10.3 Å². The van der Waals surface area contributed by atoms with E-state index in [0.717, 1.165) is 15.6 Å². The number of nitrogens with one attached hydrogen (secondary N) is 1. The van der Waals surface area contributed by atoms with Crippen molar-refractivity contribution in [2.24, 2.45) is 0 Å². The molecule has 0 unspecified atom stereocenters. The second-order valence-electron chi connectivity index (χ2n) is 5.22. The molecule has 1 aromatic heterocycles. The zero-order chi connectivity index (χ0) is 18.5. The average molecular weight is 386 g/mol. The predicted molar refractivity (Wildman–Crippen MR) is 107 cm³/mol. The third-order valence-corrected chi connectivity index (χ3v) is 5.67. The molecule has 3 rings (SSSR count). The Morgan fingerprint density at radius 1 is 1.04 bits per heavy atom. The van der Waals surface area contributed by atoms with Gasteiger partial charge < -0.3 is 14.8 Å². The van der Waals surface area contributed by atoms with Gasteiger partial charge in [-0.15, -0.1) is 0 Å². The molecule has 0 saturated heterocycles. The van der Waals surface area contributed by atoms with E-state index in [0.29, 0.717) is 22.1 Å². The molecule has 1 heterocycles. The number of carbonyl (C=O) groups excluding carboxylic acids is 1. The van der Waals surface area contributed by atoms with Crippen molar-refractivity contribution >= 4 is 34.0 Å². The lowest BCUT2D eigenvalue weighted by Gasteiger charge is -2.12. The van der Waals surface area contributed by atoms with Crippen LogP contribution in [0.15, 0.2) is 52.9 Å². The minimum atomic E-state index is -0.298. The number of nitrogens with zero attached hydrogens (tertiary/aromatic N) is 1. The Hall–Kier alpha value is -2.51. The van der Waals surface area contributed by atoms with E-state index < -0.39 is 0 Å². The highest BCUT2D eigenvalue weighted by molar-refractivity contribution is 8.00. The van der Waals surface area contributed by atoms with Crippen LogP contribution in [0.2, 0.25) is 0 Å². The molecule has 0 atom stereocenters. The Morgan fingerprint density at radius 3 is 2.27 bits per heavy atom. The number of rotatable bonds is 6. The van der Waals surface area contributed by atoms with Crippen LogP contribution < -0.4 is 14.8 Å². The van der Waals surface area contributed by atoms with E-state index >= 15 is 0 Å². The molecule has 3 aromatic rings. The number of benzene rings is 2. The molecule has 0 aliphatic heterocycles. The van der Waals surface area contributed by atoms with Crippen molar-refractivity contribution in [1.82, 2.24) is 4.98 Å². The van der Waals surface area contributed by atoms with E-state index in [9.17, 15) is 4.79 Å². The summed E-state index contributed by atoms with van der Waals surface area (Å²) in [5.74, 6) is 0.614. The molecule has 0 radical (unpaired) electrons. The van der Waals surface area contributed by atoms with Crippen molar-refractivity contribution in [1.29, 1.82) is 0 Å². The zero-order valence-corrected chi connectivity index (χ0v) is 16.2. The third kappa shape index (κ3) is 3.68. The Morgan fingerprint density at radius 2 is 1.69 bits per heavy atom. The van der Waals surface area contributed by atoms with E-state index in [-0.39, 0.29) is 5.91 Å². The van der Waals surface area contributed by atoms with Crippen molar-refractivity contribution in [3.63, 3.8) is 0 Å². The molecular formula is C19H18N2O3S2. The molecule has 26 heavy (non-hydrogen) atoms.